The summed E-state index contributed by atoms with van der Waals surface area (Å²) in [6.45, 7) is 2.91. The first-order valence-electron chi connectivity index (χ1n) is 6.03. The lowest BCUT2D eigenvalue weighted by Gasteiger charge is -2.22. The number of likely N-dealkylation sites (tertiary alicyclic amines) is 1. The second kappa shape index (κ2) is 6.38. The number of nitrogens with zero attached hydrogens (tertiary/aromatic N) is 1. The maximum Gasteiger partial charge on any atom is 0.119 e. The van der Waals surface area contributed by atoms with Gasteiger partial charge in [-0.15, -0.1) is 0 Å². The van der Waals surface area contributed by atoms with Gasteiger partial charge in [0.25, 0.3) is 0 Å². The Bertz CT molecular complexity index is 342. The van der Waals surface area contributed by atoms with Gasteiger partial charge < -0.3 is 9.84 Å². The van der Waals surface area contributed by atoms with Crippen LogP contribution in [0, 0.1) is 0 Å². The highest BCUT2D eigenvalue weighted by molar-refractivity contribution is 9.10. The van der Waals surface area contributed by atoms with Gasteiger partial charge in [-0.05, 0) is 43.7 Å². The summed E-state index contributed by atoms with van der Waals surface area (Å²) in [6.07, 6.45) is 2.29. The van der Waals surface area contributed by atoms with Crippen LogP contribution in [0.15, 0.2) is 28.7 Å². The predicted molar refractivity (Wildman–Crippen MR) is 71.3 cm³/mol. The molecule has 0 aromatic heterocycles. The summed E-state index contributed by atoms with van der Waals surface area (Å²) in [5, 5.41) is 9.20. The lowest BCUT2D eigenvalue weighted by molar-refractivity contribution is 0.139. The molecule has 0 aliphatic carbocycles. The minimum Gasteiger partial charge on any atom is -0.492 e. The van der Waals surface area contributed by atoms with Crippen molar-refractivity contribution in [1.82, 2.24) is 4.90 Å². The molecule has 1 aliphatic heterocycles. The zero-order chi connectivity index (χ0) is 12.1. The predicted octanol–water partition coefficient (Wildman–Crippen LogP) is 2.28. The molecule has 0 unspecified atom stereocenters. The van der Waals surface area contributed by atoms with Crippen molar-refractivity contribution < 1.29 is 9.84 Å². The first kappa shape index (κ1) is 12.9. The molecule has 1 N–H and O–H groups in total. The largest absolute Gasteiger partial charge is 0.492 e. The third kappa shape index (κ3) is 3.69. The molecule has 0 saturated carbocycles. The van der Waals surface area contributed by atoms with Crippen molar-refractivity contribution in [2.75, 3.05) is 26.3 Å². The SMILES string of the molecule is OC[C@H]1CCCN1CCOc1ccc(Br)cc1. The molecule has 1 heterocycles. The number of rotatable bonds is 5. The van der Waals surface area contributed by atoms with Crippen LogP contribution >= 0.6 is 15.9 Å². The molecule has 1 aromatic rings. The Balaban J connectivity index is 1.74. The fraction of sp³-hybridized carbons (Fsp3) is 0.538. The Morgan fingerprint density at radius 2 is 2.12 bits per heavy atom. The lowest BCUT2D eigenvalue weighted by Crippen LogP contribution is -2.35. The number of ether oxygens (including phenoxy) is 1. The second-order valence-electron chi connectivity index (χ2n) is 4.32. The van der Waals surface area contributed by atoms with Gasteiger partial charge in [0.15, 0.2) is 0 Å². The van der Waals surface area contributed by atoms with Crippen molar-refractivity contribution in [2.45, 2.75) is 18.9 Å². The standard InChI is InChI=1S/C13H18BrNO2/c14-11-3-5-13(6-4-11)17-9-8-15-7-1-2-12(15)10-16/h3-6,12,16H,1-2,7-10H2/t12-/m1/s1. The molecule has 94 valence electrons. The normalized spacial score (nSPS) is 20.7. The number of benzene rings is 1. The zero-order valence-electron chi connectivity index (χ0n) is 9.81. The average Bonchev–Trinajstić information content (AvgIpc) is 2.79. The molecule has 4 heteroatoms. The van der Waals surface area contributed by atoms with E-state index in [1.807, 2.05) is 24.3 Å². The van der Waals surface area contributed by atoms with Crippen molar-refractivity contribution >= 4 is 15.9 Å². The van der Waals surface area contributed by atoms with Crippen LogP contribution in [0.1, 0.15) is 12.8 Å². The maximum atomic E-state index is 9.20. The molecule has 0 amide bonds. The van der Waals surface area contributed by atoms with Gasteiger partial charge in [-0.2, -0.15) is 0 Å². The number of hydrogen-bond acceptors (Lipinski definition) is 3. The van der Waals surface area contributed by atoms with Gasteiger partial charge in [0.1, 0.15) is 12.4 Å². The Morgan fingerprint density at radius 1 is 1.35 bits per heavy atom. The molecule has 1 saturated heterocycles. The van der Waals surface area contributed by atoms with E-state index >= 15 is 0 Å². The van der Waals surface area contributed by atoms with Gasteiger partial charge in [-0.1, -0.05) is 15.9 Å². The molecule has 3 nitrogen and oxygen atoms in total. The van der Waals surface area contributed by atoms with Crippen LogP contribution < -0.4 is 4.74 Å². The van der Waals surface area contributed by atoms with Crippen molar-refractivity contribution in [3.05, 3.63) is 28.7 Å². The molecule has 17 heavy (non-hydrogen) atoms. The van der Waals surface area contributed by atoms with E-state index in [0.29, 0.717) is 12.6 Å². The van der Waals surface area contributed by atoms with E-state index in [0.717, 1.165) is 29.7 Å². The summed E-state index contributed by atoms with van der Waals surface area (Å²) in [6, 6.07) is 8.20. The van der Waals surface area contributed by atoms with Crippen LogP contribution in [0.25, 0.3) is 0 Å². The molecule has 0 bridgehead atoms. The van der Waals surface area contributed by atoms with Gasteiger partial charge in [0.05, 0.1) is 6.61 Å². The van der Waals surface area contributed by atoms with Gasteiger partial charge in [0.2, 0.25) is 0 Å². The van der Waals surface area contributed by atoms with Crippen molar-refractivity contribution in [1.29, 1.82) is 0 Å². The minimum atomic E-state index is 0.262. The van der Waals surface area contributed by atoms with Crippen LogP contribution in [-0.2, 0) is 0 Å². The Hall–Kier alpha value is -0.580. The van der Waals surface area contributed by atoms with Crippen molar-refractivity contribution in [2.24, 2.45) is 0 Å². The summed E-state index contributed by atoms with van der Waals surface area (Å²) >= 11 is 3.39. The first-order valence-corrected chi connectivity index (χ1v) is 6.82. The topological polar surface area (TPSA) is 32.7 Å². The molecule has 1 atom stereocenters. The lowest BCUT2D eigenvalue weighted by atomic mass is 10.2. The number of aliphatic hydroxyl groups is 1. The van der Waals surface area contributed by atoms with E-state index in [4.69, 9.17) is 4.74 Å². The Labute approximate surface area is 111 Å². The molecule has 1 aromatic carbocycles. The molecular weight excluding hydrogens is 282 g/mol. The number of aliphatic hydroxyl groups excluding tert-OH is 1. The molecule has 2 rings (SSSR count). The van der Waals surface area contributed by atoms with E-state index in [9.17, 15) is 5.11 Å². The van der Waals surface area contributed by atoms with Crippen molar-refractivity contribution in [3.8, 4) is 5.75 Å². The van der Waals surface area contributed by atoms with Gasteiger partial charge in [-0.25, -0.2) is 0 Å². The van der Waals surface area contributed by atoms with Crippen molar-refractivity contribution in [3.63, 3.8) is 0 Å². The number of halogens is 1. The minimum absolute atomic E-state index is 0.262. The van der Waals surface area contributed by atoms with E-state index in [1.165, 1.54) is 6.42 Å². The summed E-state index contributed by atoms with van der Waals surface area (Å²) in [4.78, 5) is 2.30. The maximum absolute atomic E-state index is 9.20. The van der Waals surface area contributed by atoms with Crippen LogP contribution in [0.4, 0.5) is 0 Å². The highest BCUT2D eigenvalue weighted by Gasteiger charge is 2.22. The first-order chi connectivity index (χ1) is 8.29. The summed E-state index contributed by atoms with van der Waals surface area (Å²) in [5.41, 5.74) is 0. The van der Waals surface area contributed by atoms with E-state index in [-0.39, 0.29) is 6.61 Å². The Kier molecular flexibility index (Phi) is 4.83. The third-order valence-electron chi connectivity index (χ3n) is 3.17. The highest BCUT2D eigenvalue weighted by Crippen LogP contribution is 2.18. The highest BCUT2D eigenvalue weighted by atomic mass is 79.9. The van der Waals surface area contributed by atoms with Crippen LogP contribution in [0.3, 0.4) is 0 Å². The van der Waals surface area contributed by atoms with Crippen LogP contribution in [0.5, 0.6) is 5.75 Å². The molecule has 0 radical (unpaired) electrons. The fourth-order valence-electron chi connectivity index (χ4n) is 2.21. The second-order valence-corrected chi connectivity index (χ2v) is 5.23. The fourth-order valence-corrected chi connectivity index (χ4v) is 2.47. The van der Waals surface area contributed by atoms with Crippen LogP contribution in [-0.4, -0.2) is 42.4 Å². The zero-order valence-corrected chi connectivity index (χ0v) is 11.4. The third-order valence-corrected chi connectivity index (χ3v) is 3.70. The summed E-state index contributed by atoms with van der Waals surface area (Å²) in [7, 11) is 0. The van der Waals surface area contributed by atoms with Crippen LogP contribution in [0.2, 0.25) is 0 Å². The monoisotopic (exact) mass is 299 g/mol. The summed E-state index contributed by atoms with van der Waals surface area (Å²) < 4.78 is 6.73. The quantitative estimate of drug-likeness (QED) is 0.905. The number of hydrogen-bond donors (Lipinski definition) is 1. The average molecular weight is 300 g/mol. The van der Waals surface area contributed by atoms with E-state index < -0.39 is 0 Å². The molecule has 0 spiro atoms. The van der Waals surface area contributed by atoms with Gasteiger partial charge in [-0.3, -0.25) is 4.90 Å². The van der Waals surface area contributed by atoms with Gasteiger partial charge >= 0.3 is 0 Å². The van der Waals surface area contributed by atoms with E-state index in [1.54, 1.807) is 0 Å². The summed E-state index contributed by atoms with van der Waals surface area (Å²) in [5.74, 6) is 0.896. The molecular formula is C13H18BrNO2. The smallest absolute Gasteiger partial charge is 0.119 e. The Morgan fingerprint density at radius 3 is 2.82 bits per heavy atom. The molecule has 1 fully saturated rings. The van der Waals surface area contributed by atoms with E-state index in [2.05, 4.69) is 20.8 Å². The van der Waals surface area contributed by atoms with Gasteiger partial charge in [0, 0.05) is 17.1 Å². The molecule has 1 aliphatic rings.